The molecule has 1 aliphatic carbocycles. The second-order valence-corrected chi connectivity index (χ2v) is 4.02. The lowest BCUT2D eigenvalue weighted by Crippen LogP contribution is -2.47. The van der Waals surface area contributed by atoms with Gasteiger partial charge < -0.3 is 10.2 Å². The van der Waals surface area contributed by atoms with E-state index in [1.165, 1.54) is 12.2 Å². The summed E-state index contributed by atoms with van der Waals surface area (Å²) in [7, 11) is -4.71. The lowest BCUT2D eigenvalue weighted by atomic mass is 10.1. The van der Waals surface area contributed by atoms with E-state index >= 15 is 0 Å². The Hall–Kier alpha value is -0.690. The Kier molecular flexibility index (Phi) is 2.09. The Bertz CT molecular complexity index is 328. The van der Waals surface area contributed by atoms with Crippen LogP contribution in [0.1, 0.15) is 0 Å². The number of aliphatic hydroxyl groups is 2. The molecule has 0 heterocycles. The summed E-state index contributed by atoms with van der Waals surface area (Å²) in [5.74, 6) is 0. The number of rotatable bonds is 1. The third-order valence-corrected chi connectivity index (χ3v) is 2.78. The van der Waals surface area contributed by atoms with Gasteiger partial charge in [-0.3, -0.25) is 4.55 Å². The van der Waals surface area contributed by atoms with Gasteiger partial charge in [0, 0.05) is 0 Å². The van der Waals surface area contributed by atoms with Crippen molar-refractivity contribution in [2.24, 2.45) is 0 Å². The monoisotopic (exact) mass is 192 g/mol. The average Bonchev–Trinajstić information content (AvgIpc) is 1.93. The molecule has 0 saturated heterocycles. The van der Waals surface area contributed by atoms with Crippen LogP contribution < -0.4 is 0 Å². The van der Waals surface area contributed by atoms with Crippen LogP contribution in [0, 0.1) is 0 Å². The summed E-state index contributed by atoms with van der Waals surface area (Å²) in [6.45, 7) is 0. The summed E-state index contributed by atoms with van der Waals surface area (Å²) in [4.78, 5) is -2.61. The zero-order chi connectivity index (χ0) is 9.41. The molecule has 2 atom stereocenters. The van der Waals surface area contributed by atoms with Crippen LogP contribution >= 0.6 is 0 Å². The van der Waals surface area contributed by atoms with Crippen LogP contribution in [-0.2, 0) is 10.1 Å². The molecule has 6 heteroatoms. The molecule has 0 bridgehead atoms. The van der Waals surface area contributed by atoms with Gasteiger partial charge in [0.2, 0.25) is 4.93 Å². The molecule has 12 heavy (non-hydrogen) atoms. The van der Waals surface area contributed by atoms with Crippen LogP contribution in [0.2, 0.25) is 0 Å². The first-order valence-corrected chi connectivity index (χ1v) is 4.55. The highest BCUT2D eigenvalue weighted by atomic mass is 32.2. The molecule has 0 spiro atoms. The van der Waals surface area contributed by atoms with Gasteiger partial charge in [-0.15, -0.1) is 0 Å². The van der Waals surface area contributed by atoms with Crippen molar-refractivity contribution in [3.63, 3.8) is 0 Å². The van der Waals surface area contributed by atoms with Gasteiger partial charge in [-0.25, -0.2) is 0 Å². The SMILES string of the molecule is O=S(=O)(O)C1(O)C=CC=CC1O. The molecule has 1 rings (SSSR count). The summed E-state index contributed by atoms with van der Waals surface area (Å²) in [5.41, 5.74) is 0. The minimum absolute atomic E-state index is 0.812. The average molecular weight is 192 g/mol. The second-order valence-electron chi connectivity index (χ2n) is 2.42. The molecule has 2 unspecified atom stereocenters. The van der Waals surface area contributed by atoms with Crippen molar-refractivity contribution in [3.8, 4) is 0 Å². The molecule has 5 nitrogen and oxygen atoms in total. The van der Waals surface area contributed by atoms with E-state index in [2.05, 4.69) is 0 Å². The van der Waals surface area contributed by atoms with Gasteiger partial charge in [-0.2, -0.15) is 8.42 Å². The molecular formula is C6H8O5S. The fourth-order valence-corrected chi connectivity index (χ4v) is 1.47. The highest BCUT2D eigenvalue weighted by Gasteiger charge is 2.45. The minimum Gasteiger partial charge on any atom is -0.384 e. The van der Waals surface area contributed by atoms with Crippen molar-refractivity contribution in [3.05, 3.63) is 24.3 Å². The molecular weight excluding hydrogens is 184 g/mol. The Morgan fingerprint density at radius 1 is 1.33 bits per heavy atom. The number of aliphatic hydroxyl groups excluding tert-OH is 1. The fraction of sp³-hybridized carbons (Fsp3) is 0.333. The molecule has 0 aromatic heterocycles. The summed E-state index contributed by atoms with van der Waals surface area (Å²) in [5, 5.41) is 18.3. The standard InChI is InChI=1S/C6H8O5S/c7-5-3-1-2-4-6(5,8)12(9,10)11/h1-5,7-8H,(H,9,10,11). The third-order valence-electron chi connectivity index (χ3n) is 1.58. The molecule has 0 radical (unpaired) electrons. The maximum absolute atomic E-state index is 10.6. The summed E-state index contributed by atoms with van der Waals surface area (Å²) in [6, 6.07) is 0. The van der Waals surface area contributed by atoms with E-state index in [-0.39, 0.29) is 0 Å². The van der Waals surface area contributed by atoms with Crippen LogP contribution in [0.25, 0.3) is 0 Å². The summed E-state index contributed by atoms with van der Waals surface area (Å²) in [6.07, 6.45) is 2.82. The molecule has 68 valence electrons. The molecule has 1 aliphatic rings. The fourth-order valence-electron chi connectivity index (χ4n) is 0.838. The zero-order valence-electron chi connectivity index (χ0n) is 5.95. The van der Waals surface area contributed by atoms with E-state index in [1.807, 2.05) is 0 Å². The number of hydrogen-bond acceptors (Lipinski definition) is 4. The molecule has 0 aliphatic heterocycles. The molecule has 0 aromatic rings. The second kappa shape index (κ2) is 2.67. The van der Waals surface area contributed by atoms with Crippen molar-refractivity contribution < 1.29 is 23.2 Å². The number of allylic oxidation sites excluding steroid dienone is 2. The first-order valence-electron chi connectivity index (χ1n) is 3.11. The van der Waals surface area contributed by atoms with E-state index in [4.69, 9.17) is 9.66 Å². The molecule has 3 N–H and O–H groups in total. The predicted molar refractivity (Wildman–Crippen MR) is 40.8 cm³/mol. The van der Waals surface area contributed by atoms with Crippen LogP contribution in [0.15, 0.2) is 24.3 Å². The van der Waals surface area contributed by atoms with Crippen LogP contribution in [0.4, 0.5) is 0 Å². The predicted octanol–water partition coefficient (Wildman–Crippen LogP) is -0.950. The lowest BCUT2D eigenvalue weighted by Gasteiger charge is -2.26. The third kappa shape index (κ3) is 1.29. The van der Waals surface area contributed by atoms with Crippen molar-refractivity contribution in [2.45, 2.75) is 11.0 Å². The van der Waals surface area contributed by atoms with Crippen molar-refractivity contribution >= 4 is 10.1 Å². The summed E-state index contributed by atoms with van der Waals surface area (Å²) >= 11 is 0. The topological polar surface area (TPSA) is 94.8 Å². The van der Waals surface area contributed by atoms with E-state index in [1.54, 1.807) is 0 Å². The zero-order valence-corrected chi connectivity index (χ0v) is 6.77. The highest BCUT2D eigenvalue weighted by Crippen LogP contribution is 2.23. The van der Waals surface area contributed by atoms with Gasteiger partial charge in [0.1, 0.15) is 6.10 Å². The normalized spacial score (nSPS) is 35.4. The molecule has 0 fully saturated rings. The quantitative estimate of drug-likeness (QED) is 0.465. The maximum atomic E-state index is 10.6. The van der Waals surface area contributed by atoms with Crippen LogP contribution in [-0.4, -0.2) is 34.2 Å². The van der Waals surface area contributed by atoms with Gasteiger partial charge in [-0.05, 0) is 6.08 Å². The van der Waals surface area contributed by atoms with Gasteiger partial charge >= 0.3 is 10.1 Å². The van der Waals surface area contributed by atoms with Crippen LogP contribution in [0.5, 0.6) is 0 Å². The maximum Gasteiger partial charge on any atom is 0.301 e. The first-order chi connectivity index (χ1) is 5.38. The Labute approximate surface area is 69.4 Å². The van der Waals surface area contributed by atoms with Gasteiger partial charge in [0.25, 0.3) is 0 Å². The van der Waals surface area contributed by atoms with E-state index < -0.39 is 21.2 Å². The van der Waals surface area contributed by atoms with Gasteiger partial charge in [0.15, 0.2) is 0 Å². The van der Waals surface area contributed by atoms with Crippen LogP contribution in [0.3, 0.4) is 0 Å². The van der Waals surface area contributed by atoms with Crippen molar-refractivity contribution in [1.82, 2.24) is 0 Å². The van der Waals surface area contributed by atoms with Gasteiger partial charge in [0.05, 0.1) is 0 Å². The highest BCUT2D eigenvalue weighted by molar-refractivity contribution is 7.87. The number of hydrogen-bond donors (Lipinski definition) is 3. The molecule has 0 amide bonds. The Morgan fingerprint density at radius 2 is 1.92 bits per heavy atom. The Balaban J connectivity index is 3.16. The lowest BCUT2D eigenvalue weighted by molar-refractivity contribution is 0.0397. The Morgan fingerprint density at radius 3 is 2.25 bits per heavy atom. The van der Waals surface area contributed by atoms with Crippen molar-refractivity contribution in [1.29, 1.82) is 0 Å². The smallest absolute Gasteiger partial charge is 0.301 e. The van der Waals surface area contributed by atoms with E-state index in [9.17, 15) is 13.5 Å². The molecule has 0 aromatic carbocycles. The summed E-state index contributed by atoms with van der Waals surface area (Å²) < 4.78 is 29.7. The van der Waals surface area contributed by atoms with E-state index in [0.29, 0.717) is 0 Å². The largest absolute Gasteiger partial charge is 0.384 e. The minimum atomic E-state index is -4.71. The van der Waals surface area contributed by atoms with Gasteiger partial charge in [-0.1, -0.05) is 18.2 Å². The first kappa shape index (κ1) is 9.40. The van der Waals surface area contributed by atoms with E-state index in [0.717, 1.165) is 12.2 Å². The molecule has 0 saturated carbocycles. The van der Waals surface area contributed by atoms with Crippen molar-refractivity contribution in [2.75, 3.05) is 0 Å².